The molecule has 1 amide bonds. The normalized spacial score (nSPS) is 15.8. The van der Waals surface area contributed by atoms with Gasteiger partial charge in [0, 0.05) is 41.7 Å². The van der Waals surface area contributed by atoms with Crippen molar-refractivity contribution >= 4 is 17.2 Å². The van der Waals surface area contributed by atoms with Crippen molar-refractivity contribution in [1.82, 2.24) is 19.9 Å². The zero-order valence-corrected chi connectivity index (χ0v) is 19.5. The molecule has 1 saturated heterocycles. The lowest BCUT2D eigenvalue weighted by Gasteiger charge is -2.11. The van der Waals surface area contributed by atoms with E-state index in [4.69, 9.17) is 14.1 Å². The molecule has 0 bridgehead atoms. The van der Waals surface area contributed by atoms with Gasteiger partial charge < -0.3 is 19.0 Å². The van der Waals surface area contributed by atoms with Gasteiger partial charge in [0.2, 0.25) is 0 Å². The summed E-state index contributed by atoms with van der Waals surface area (Å²) in [5.74, 6) is 0.722. The van der Waals surface area contributed by atoms with E-state index in [1.54, 1.807) is 17.6 Å². The van der Waals surface area contributed by atoms with Crippen molar-refractivity contribution in [3.63, 3.8) is 0 Å². The van der Waals surface area contributed by atoms with Gasteiger partial charge in [-0.05, 0) is 57.0 Å². The van der Waals surface area contributed by atoms with Crippen LogP contribution in [0.25, 0.3) is 22.0 Å². The van der Waals surface area contributed by atoms with Crippen molar-refractivity contribution in [3.8, 4) is 22.0 Å². The first-order chi connectivity index (χ1) is 16.1. The molecule has 1 N–H and O–H groups in total. The van der Waals surface area contributed by atoms with Gasteiger partial charge >= 0.3 is 0 Å². The highest BCUT2D eigenvalue weighted by molar-refractivity contribution is 7.13. The predicted molar refractivity (Wildman–Crippen MR) is 127 cm³/mol. The number of rotatable bonds is 7. The lowest BCUT2D eigenvalue weighted by molar-refractivity contribution is 0.0857. The van der Waals surface area contributed by atoms with E-state index in [9.17, 15) is 4.79 Å². The second kappa shape index (κ2) is 9.33. The maximum atomic E-state index is 13.1. The Morgan fingerprint density at radius 2 is 2.21 bits per heavy atom. The Hall–Kier alpha value is -3.23. The molecule has 1 aliphatic rings. The molecule has 4 aromatic heterocycles. The molecule has 1 aliphatic heterocycles. The smallest absolute Gasteiger partial charge is 0.253 e. The number of thiazole rings is 1. The Morgan fingerprint density at radius 3 is 2.94 bits per heavy atom. The number of amides is 1. The van der Waals surface area contributed by atoms with Crippen LogP contribution in [-0.4, -0.2) is 39.7 Å². The molecule has 8 heteroatoms. The molecule has 170 valence electrons. The number of ether oxygens (including phenoxy) is 1. The number of nitrogens with one attached hydrogen (secondary N) is 1. The fraction of sp³-hybridized carbons (Fsp3) is 0.320. The molecule has 0 radical (unpaired) electrons. The molecule has 1 fully saturated rings. The molecule has 7 nitrogen and oxygen atoms in total. The van der Waals surface area contributed by atoms with Crippen molar-refractivity contribution in [3.05, 3.63) is 70.9 Å². The van der Waals surface area contributed by atoms with E-state index in [-0.39, 0.29) is 12.0 Å². The number of pyridine rings is 1. The maximum absolute atomic E-state index is 13.1. The minimum Gasteiger partial charge on any atom is -0.467 e. The average Bonchev–Trinajstić information content (AvgIpc) is 3.62. The van der Waals surface area contributed by atoms with Gasteiger partial charge in [0.15, 0.2) is 0 Å². The summed E-state index contributed by atoms with van der Waals surface area (Å²) in [6.45, 7) is 5.74. The third-order valence-electron chi connectivity index (χ3n) is 5.94. The van der Waals surface area contributed by atoms with Crippen LogP contribution in [0.1, 0.15) is 40.3 Å². The first-order valence-electron chi connectivity index (χ1n) is 11.1. The summed E-state index contributed by atoms with van der Waals surface area (Å²) in [4.78, 5) is 22.3. The number of hydrogen-bond acceptors (Lipinski definition) is 6. The summed E-state index contributed by atoms with van der Waals surface area (Å²) >= 11 is 1.57. The van der Waals surface area contributed by atoms with E-state index in [0.717, 1.165) is 58.6 Å². The summed E-state index contributed by atoms with van der Waals surface area (Å²) in [7, 11) is 0. The van der Waals surface area contributed by atoms with Crippen LogP contribution >= 0.6 is 11.3 Å². The monoisotopic (exact) mass is 462 g/mol. The summed E-state index contributed by atoms with van der Waals surface area (Å²) in [5, 5.41) is 5.96. The Kier molecular flexibility index (Phi) is 6.11. The summed E-state index contributed by atoms with van der Waals surface area (Å²) < 4.78 is 13.3. The molecule has 1 unspecified atom stereocenters. The Morgan fingerprint density at radius 1 is 1.30 bits per heavy atom. The largest absolute Gasteiger partial charge is 0.467 e. The van der Waals surface area contributed by atoms with Gasteiger partial charge in [-0.2, -0.15) is 0 Å². The molecule has 0 spiro atoms. The van der Waals surface area contributed by atoms with Crippen molar-refractivity contribution < 1.29 is 13.9 Å². The number of nitrogens with zero attached hydrogens (tertiary/aromatic N) is 3. The molecular weight excluding hydrogens is 436 g/mol. The van der Waals surface area contributed by atoms with E-state index >= 15 is 0 Å². The van der Waals surface area contributed by atoms with Gasteiger partial charge in [0.25, 0.3) is 5.91 Å². The van der Waals surface area contributed by atoms with E-state index in [0.29, 0.717) is 18.7 Å². The number of carbonyl (C=O) groups excluding carboxylic acids is 1. The van der Waals surface area contributed by atoms with Crippen molar-refractivity contribution in [2.45, 2.75) is 39.3 Å². The fourth-order valence-corrected chi connectivity index (χ4v) is 4.88. The molecule has 1 atom stereocenters. The molecule has 0 saturated carbocycles. The van der Waals surface area contributed by atoms with Crippen LogP contribution in [0.2, 0.25) is 0 Å². The van der Waals surface area contributed by atoms with Crippen LogP contribution in [0.5, 0.6) is 0 Å². The fourth-order valence-electron chi connectivity index (χ4n) is 4.07. The van der Waals surface area contributed by atoms with Crippen LogP contribution < -0.4 is 5.32 Å². The zero-order chi connectivity index (χ0) is 22.8. The first-order valence-corrected chi connectivity index (χ1v) is 12.0. The summed E-state index contributed by atoms with van der Waals surface area (Å²) in [6, 6.07) is 9.74. The van der Waals surface area contributed by atoms with E-state index < -0.39 is 0 Å². The Labute approximate surface area is 196 Å². The minimum atomic E-state index is -0.0966. The zero-order valence-electron chi connectivity index (χ0n) is 18.7. The number of hydrogen-bond donors (Lipinski definition) is 1. The van der Waals surface area contributed by atoms with Gasteiger partial charge in [-0.25, -0.2) is 4.98 Å². The molecule has 4 aromatic rings. The molecule has 5 rings (SSSR count). The molecule has 0 aromatic carbocycles. The van der Waals surface area contributed by atoms with E-state index in [1.165, 1.54) is 0 Å². The Bertz CT molecular complexity index is 1240. The molecule has 33 heavy (non-hydrogen) atoms. The Balaban J connectivity index is 1.46. The predicted octanol–water partition coefficient (Wildman–Crippen LogP) is 4.84. The third-order valence-corrected chi connectivity index (χ3v) is 6.84. The SMILES string of the molecule is Cc1ccc(-c2nc(-c3cc(C(=O)NCC4CCCO4)c(C)n3Cc3ccco3)cs2)cn1. The quantitative estimate of drug-likeness (QED) is 0.425. The van der Waals surface area contributed by atoms with E-state index in [1.807, 2.05) is 55.8 Å². The highest BCUT2D eigenvalue weighted by Gasteiger charge is 2.23. The minimum absolute atomic E-state index is 0.0966. The number of furan rings is 1. The molecular formula is C25H26N4O3S. The van der Waals surface area contributed by atoms with Gasteiger partial charge in [0.05, 0.1) is 35.9 Å². The maximum Gasteiger partial charge on any atom is 0.253 e. The lowest BCUT2D eigenvalue weighted by Crippen LogP contribution is -2.32. The molecule has 5 heterocycles. The highest BCUT2D eigenvalue weighted by Crippen LogP contribution is 2.32. The second-order valence-corrected chi connectivity index (χ2v) is 9.12. The standard InChI is InChI=1S/C25H26N4O3S/c1-16-7-8-18(12-26-16)25-28-22(15-33-25)23-11-21(24(30)27-13-19-5-3-9-31-19)17(2)29(23)14-20-6-4-10-32-20/h4,6-8,10-12,15,19H,3,5,9,13-14H2,1-2H3,(H,27,30). The van der Waals surface area contributed by atoms with Gasteiger partial charge in [0.1, 0.15) is 10.8 Å². The third kappa shape index (κ3) is 4.62. The summed E-state index contributed by atoms with van der Waals surface area (Å²) in [6.07, 6.45) is 5.64. The van der Waals surface area contributed by atoms with Crippen LogP contribution in [0.15, 0.2) is 52.6 Å². The average molecular weight is 463 g/mol. The number of aromatic nitrogens is 3. The van der Waals surface area contributed by atoms with Crippen LogP contribution in [-0.2, 0) is 11.3 Å². The van der Waals surface area contributed by atoms with Gasteiger partial charge in [-0.1, -0.05) is 0 Å². The number of carbonyl (C=O) groups is 1. The first kappa shape index (κ1) is 21.6. The number of aryl methyl sites for hydroxylation is 1. The van der Waals surface area contributed by atoms with Crippen LogP contribution in [0, 0.1) is 13.8 Å². The van der Waals surface area contributed by atoms with Crippen LogP contribution in [0.4, 0.5) is 0 Å². The van der Waals surface area contributed by atoms with Crippen molar-refractivity contribution in [2.24, 2.45) is 0 Å². The van der Waals surface area contributed by atoms with Gasteiger partial charge in [-0.15, -0.1) is 11.3 Å². The summed E-state index contributed by atoms with van der Waals surface area (Å²) in [5.41, 5.74) is 5.17. The molecule has 0 aliphatic carbocycles. The van der Waals surface area contributed by atoms with Crippen molar-refractivity contribution in [2.75, 3.05) is 13.2 Å². The highest BCUT2D eigenvalue weighted by atomic mass is 32.1. The van der Waals surface area contributed by atoms with Crippen molar-refractivity contribution in [1.29, 1.82) is 0 Å². The van der Waals surface area contributed by atoms with Gasteiger partial charge in [-0.3, -0.25) is 9.78 Å². The lowest BCUT2D eigenvalue weighted by atomic mass is 10.2. The topological polar surface area (TPSA) is 82.2 Å². The second-order valence-electron chi connectivity index (χ2n) is 8.27. The van der Waals surface area contributed by atoms with Crippen LogP contribution in [0.3, 0.4) is 0 Å². The van der Waals surface area contributed by atoms with E-state index in [2.05, 4.69) is 14.9 Å².